The fraction of sp³-hybridized carbons (Fsp3) is 0.524. The van der Waals surface area contributed by atoms with Crippen molar-refractivity contribution in [3.8, 4) is 0 Å². The second-order valence-corrected chi connectivity index (χ2v) is 11.2. The van der Waals surface area contributed by atoms with Gasteiger partial charge in [-0.15, -0.1) is 11.3 Å². The number of anilines is 1. The summed E-state index contributed by atoms with van der Waals surface area (Å²) >= 11 is 1.60. The summed E-state index contributed by atoms with van der Waals surface area (Å²) in [5.41, 5.74) is 1.03. The molecule has 0 saturated carbocycles. The van der Waals surface area contributed by atoms with Gasteiger partial charge in [0.2, 0.25) is 15.9 Å². The zero-order valence-electron chi connectivity index (χ0n) is 17.7. The van der Waals surface area contributed by atoms with Crippen LogP contribution in [0.15, 0.2) is 40.7 Å². The summed E-state index contributed by atoms with van der Waals surface area (Å²) in [5, 5.41) is 5.86. The van der Waals surface area contributed by atoms with E-state index < -0.39 is 10.0 Å². The van der Waals surface area contributed by atoms with Crippen molar-refractivity contribution in [2.45, 2.75) is 56.4 Å². The van der Waals surface area contributed by atoms with Crippen molar-refractivity contribution in [2.24, 2.45) is 0 Å². The van der Waals surface area contributed by atoms with Crippen LogP contribution in [-0.4, -0.2) is 45.0 Å². The predicted molar refractivity (Wildman–Crippen MR) is 120 cm³/mol. The predicted octanol–water partition coefficient (Wildman–Crippen LogP) is 2.89. The molecule has 7 nitrogen and oxygen atoms in total. The number of carbonyl (C=O) groups is 1. The quantitative estimate of drug-likeness (QED) is 0.645. The van der Waals surface area contributed by atoms with Gasteiger partial charge in [-0.25, -0.2) is 18.1 Å². The third-order valence-corrected chi connectivity index (χ3v) is 7.54. The van der Waals surface area contributed by atoms with Crippen LogP contribution in [0.25, 0.3) is 0 Å². The minimum absolute atomic E-state index is 0.0394. The maximum absolute atomic E-state index is 12.5. The number of nitrogens with zero attached hydrogens (tertiary/aromatic N) is 2. The van der Waals surface area contributed by atoms with Crippen molar-refractivity contribution in [1.29, 1.82) is 0 Å². The van der Waals surface area contributed by atoms with Crippen LogP contribution in [0, 0.1) is 0 Å². The largest absolute Gasteiger partial charge is 0.354 e. The van der Waals surface area contributed by atoms with Gasteiger partial charge in [0.1, 0.15) is 0 Å². The Bertz CT molecular complexity index is 936. The Balaban J connectivity index is 1.44. The summed E-state index contributed by atoms with van der Waals surface area (Å²) < 4.78 is 27.4. The van der Waals surface area contributed by atoms with Crippen molar-refractivity contribution in [3.63, 3.8) is 0 Å². The molecule has 2 aromatic rings. The average Bonchev–Trinajstić information content (AvgIpc) is 3.37. The fourth-order valence-corrected chi connectivity index (χ4v) is 5.27. The molecule has 0 aliphatic carbocycles. The van der Waals surface area contributed by atoms with Crippen LogP contribution in [0.3, 0.4) is 0 Å². The van der Waals surface area contributed by atoms with Gasteiger partial charge in [0.05, 0.1) is 4.90 Å². The third-order valence-electron chi connectivity index (χ3n) is 5.25. The van der Waals surface area contributed by atoms with Crippen LogP contribution in [-0.2, 0) is 20.2 Å². The van der Waals surface area contributed by atoms with E-state index in [1.165, 1.54) is 0 Å². The van der Waals surface area contributed by atoms with Gasteiger partial charge in [0.25, 0.3) is 0 Å². The Kier molecular flexibility index (Phi) is 7.15. The number of thiazole rings is 1. The van der Waals surface area contributed by atoms with Crippen molar-refractivity contribution in [3.05, 3.63) is 41.4 Å². The van der Waals surface area contributed by atoms with Crippen molar-refractivity contribution < 1.29 is 13.2 Å². The molecule has 1 aliphatic heterocycles. The van der Waals surface area contributed by atoms with Crippen LogP contribution < -0.4 is 14.9 Å². The molecular formula is C21H30N4O3S2. The first-order valence-electron chi connectivity index (χ1n) is 10.2. The molecule has 2 N–H and O–H groups in total. The molecule has 2 heterocycles. The number of sulfonamides is 1. The molecule has 1 aromatic heterocycles. The Morgan fingerprint density at radius 3 is 2.63 bits per heavy atom. The lowest BCUT2D eigenvalue weighted by Crippen LogP contribution is -2.41. The van der Waals surface area contributed by atoms with Gasteiger partial charge >= 0.3 is 0 Å². The van der Waals surface area contributed by atoms with Gasteiger partial charge in [0, 0.05) is 43.7 Å². The first kappa shape index (κ1) is 22.7. The van der Waals surface area contributed by atoms with E-state index in [4.69, 9.17) is 0 Å². The maximum Gasteiger partial charge on any atom is 0.240 e. The first-order chi connectivity index (χ1) is 14.2. The summed E-state index contributed by atoms with van der Waals surface area (Å²) in [4.78, 5) is 19.0. The highest BCUT2D eigenvalue weighted by atomic mass is 32.2. The number of aromatic nitrogens is 1. The molecule has 1 aromatic carbocycles. The zero-order valence-corrected chi connectivity index (χ0v) is 19.4. The average molecular weight is 451 g/mol. The van der Waals surface area contributed by atoms with Gasteiger partial charge < -0.3 is 10.2 Å². The SMILES string of the molecule is CC(C)(C)c1ccc(S(=O)(=O)NCCC(=O)NCC2CCCN2c2nccs2)cc1. The Morgan fingerprint density at radius 2 is 2.00 bits per heavy atom. The number of nitrogens with one attached hydrogen (secondary N) is 2. The second-order valence-electron chi connectivity index (χ2n) is 8.53. The standard InChI is InChI=1S/C21H30N4O3S2/c1-21(2,3)16-6-8-18(9-7-16)30(27,28)24-11-10-19(26)23-15-17-5-4-13-25(17)20-22-12-14-29-20/h6-9,12,14,17,24H,4-5,10-11,13,15H2,1-3H3,(H,23,26). The molecule has 1 fully saturated rings. The molecule has 30 heavy (non-hydrogen) atoms. The number of hydrogen-bond donors (Lipinski definition) is 2. The van der Waals surface area contributed by atoms with Crippen LogP contribution in [0.2, 0.25) is 0 Å². The van der Waals surface area contributed by atoms with Gasteiger partial charge in [-0.05, 0) is 36.0 Å². The maximum atomic E-state index is 12.5. The molecule has 1 saturated heterocycles. The highest BCUT2D eigenvalue weighted by Crippen LogP contribution is 2.27. The van der Waals surface area contributed by atoms with E-state index in [0.717, 1.165) is 30.1 Å². The molecule has 1 amide bonds. The summed E-state index contributed by atoms with van der Waals surface area (Å²) in [6, 6.07) is 7.11. The topological polar surface area (TPSA) is 91.4 Å². The van der Waals surface area contributed by atoms with E-state index in [2.05, 4.69) is 40.7 Å². The normalized spacial score (nSPS) is 17.3. The molecule has 1 unspecified atom stereocenters. The molecule has 1 atom stereocenters. The lowest BCUT2D eigenvalue weighted by atomic mass is 9.87. The van der Waals surface area contributed by atoms with E-state index >= 15 is 0 Å². The number of amides is 1. The lowest BCUT2D eigenvalue weighted by molar-refractivity contribution is -0.120. The fourth-order valence-electron chi connectivity index (χ4n) is 3.49. The zero-order chi connectivity index (χ0) is 21.8. The third kappa shape index (κ3) is 5.80. The van der Waals surface area contributed by atoms with Gasteiger partial charge in [0.15, 0.2) is 5.13 Å². The second kappa shape index (κ2) is 9.45. The highest BCUT2D eigenvalue weighted by molar-refractivity contribution is 7.89. The molecule has 0 radical (unpaired) electrons. The van der Waals surface area contributed by atoms with Gasteiger partial charge in [-0.1, -0.05) is 32.9 Å². The summed E-state index contributed by atoms with van der Waals surface area (Å²) in [6.45, 7) is 7.79. The number of hydrogen-bond acceptors (Lipinski definition) is 6. The first-order valence-corrected chi connectivity index (χ1v) is 12.6. The molecule has 3 rings (SSSR count). The molecule has 164 valence electrons. The highest BCUT2D eigenvalue weighted by Gasteiger charge is 2.26. The number of carbonyl (C=O) groups excluding carboxylic acids is 1. The Labute approximate surface area is 183 Å². The van der Waals surface area contributed by atoms with Gasteiger partial charge in [-0.2, -0.15) is 0 Å². The minimum Gasteiger partial charge on any atom is -0.354 e. The van der Waals surface area contributed by atoms with E-state index in [9.17, 15) is 13.2 Å². The van der Waals surface area contributed by atoms with Crippen molar-refractivity contribution in [2.75, 3.05) is 24.5 Å². The number of rotatable bonds is 8. The Hall–Kier alpha value is -1.97. The summed E-state index contributed by atoms with van der Waals surface area (Å²) in [6.07, 6.45) is 3.98. The minimum atomic E-state index is -3.63. The summed E-state index contributed by atoms with van der Waals surface area (Å²) in [7, 11) is -3.63. The van der Waals surface area contributed by atoms with Gasteiger partial charge in [-0.3, -0.25) is 4.79 Å². The van der Waals surface area contributed by atoms with Crippen molar-refractivity contribution in [1.82, 2.24) is 15.0 Å². The van der Waals surface area contributed by atoms with Crippen LogP contribution >= 0.6 is 11.3 Å². The molecular weight excluding hydrogens is 420 g/mol. The van der Waals surface area contributed by atoms with E-state index in [1.807, 2.05) is 17.5 Å². The molecule has 1 aliphatic rings. The molecule has 0 spiro atoms. The molecule has 0 bridgehead atoms. The number of benzene rings is 1. The Morgan fingerprint density at radius 1 is 1.27 bits per heavy atom. The van der Waals surface area contributed by atoms with Crippen LogP contribution in [0.4, 0.5) is 5.13 Å². The summed E-state index contributed by atoms with van der Waals surface area (Å²) in [5.74, 6) is -0.160. The molecule has 9 heteroatoms. The van der Waals surface area contributed by atoms with E-state index in [-0.39, 0.29) is 35.2 Å². The van der Waals surface area contributed by atoms with Crippen LogP contribution in [0.1, 0.15) is 45.6 Å². The smallest absolute Gasteiger partial charge is 0.240 e. The van der Waals surface area contributed by atoms with Crippen molar-refractivity contribution >= 4 is 32.4 Å². The van der Waals surface area contributed by atoms with E-state index in [1.54, 1.807) is 29.7 Å². The van der Waals surface area contributed by atoms with Crippen LogP contribution in [0.5, 0.6) is 0 Å². The van der Waals surface area contributed by atoms with E-state index in [0.29, 0.717) is 6.54 Å². The monoisotopic (exact) mass is 450 g/mol. The lowest BCUT2D eigenvalue weighted by Gasteiger charge is -2.24.